The van der Waals surface area contributed by atoms with Crippen molar-refractivity contribution in [3.05, 3.63) is 77.5 Å². The summed E-state index contributed by atoms with van der Waals surface area (Å²) in [5.74, 6) is -0.0102. The number of nitrogens with zero attached hydrogens (tertiary/aromatic N) is 2. The van der Waals surface area contributed by atoms with Gasteiger partial charge in [-0.3, -0.25) is 9.35 Å². The van der Waals surface area contributed by atoms with Crippen LogP contribution in [-0.4, -0.2) is 207 Å². The van der Waals surface area contributed by atoms with E-state index in [-0.39, 0.29) is 16.7 Å². The number of carbonyl (C=O) groups is 1. The Morgan fingerprint density at radius 2 is 1.14 bits per heavy atom. The summed E-state index contributed by atoms with van der Waals surface area (Å²) in [4.78, 5) is 15.5. The second-order valence-corrected chi connectivity index (χ2v) is 23.7. The standard InChI is InChI=1S/C58H91IN2O18S/c1-57(2,3)51-44-47(12-11-13-55-58(4,5)52-46-49(80(64,65)66)16-18-53(52)61(55)19-10-8-9-14-56(62)63)59-79-54-45-48(15-17-50(51)54)60(20-22-69-28-30-73-36-38-77-42-40-75-34-32-71-26-24-67-6)21-23-70-29-31-74-37-39-78-43-41-76-35-33-72-27-25-68-7/h11-13,15-18,44-46H,8-10,14,19-43H2,1-7H3,(H,62,63)(H,64,65,66)/b12-11+,55-13+. The molecule has 0 bridgehead atoms. The Balaban J connectivity index is 1.39. The molecule has 0 fully saturated rings. The SMILES string of the molecule is COCCOCCOCCOCCOCCOCCN(CCOCCOCCOCCOCCOCCOC)c1ccc2c(c1)OI=C(/C=C/C=C1/N(CCCCCC(=O)O)c3ccc(S(=O)(=O)O)cc3C1(C)C)C=C2C(C)(C)C. The van der Waals surface area contributed by atoms with Gasteiger partial charge in [0, 0.05) is 77.9 Å². The maximum absolute atomic E-state index is 12.2. The predicted molar refractivity (Wildman–Crippen MR) is 318 cm³/mol. The van der Waals surface area contributed by atoms with E-state index < -0.39 is 42.6 Å². The van der Waals surface area contributed by atoms with Gasteiger partial charge in [0.25, 0.3) is 10.1 Å². The molecule has 0 atom stereocenters. The fourth-order valence-electron chi connectivity index (χ4n) is 8.49. The average Bonchev–Trinajstić information content (AvgIpc) is 3.49. The maximum atomic E-state index is 12.2. The third-order valence-corrected chi connectivity index (χ3v) is 15.4. The van der Waals surface area contributed by atoms with Crippen molar-refractivity contribution >= 4 is 57.7 Å². The quantitative estimate of drug-likeness (QED) is 0.0365. The van der Waals surface area contributed by atoms with E-state index in [1.165, 1.54) is 6.07 Å². The molecule has 0 aliphatic carbocycles. The molecule has 0 aromatic heterocycles. The molecule has 20 nitrogen and oxygen atoms in total. The molecule has 80 heavy (non-hydrogen) atoms. The molecule has 2 aromatic carbocycles. The first kappa shape index (κ1) is 69.1. The molecule has 0 saturated carbocycles. The Kier molecular flexibility index (Phi) is 33.8. The lowest BCUT2D eigenvalue weighted by molar-refractivity contribution is -0.137. The number of hydrogen-bond donors (Lipinski definition) is 2. The highest BCUT2D eigenvalue weighted by molar-refractivity contribution is 14.2. The lowest BCUT2D eigenvalue weighted by Crippen LogP contribution is -2.31. The van der Waals surface area contributed by atoms with Gasteiger partial charge < -0.3 is 74.8 Å². The van der Waals surface area contributed by atoms with Gasteiger partial charge in [0.05, 0.1) is 150 Å². The van der Waals surface area contributed by atoms with E-state index >= 15 is 0 Å². The highest BCUT2D eigenvalue weighted by atomic mass is 127. The van der Waals surface area contributed by atoms with Crippen LogP contribution in [0.5, 0.6) is 5.75 Å². The molecule has 2 aromatic rings. The van der Waals surface area contributed by atoms with Crippen LogP contribution >= 0.6 is 21.1 Å². The lowest BCUT2D eigenvalue weighted by atomic mass is 9.81. The number of unbranched alkanes of at least 4 members (excludes halogenated alkanes) is 2. The molecule has 22 heteroatoms. The first-order valence-corrected chi connectivity index (χ1v) is 31.0. The number of ether oxygens (including phenoxy) is 12. The topological polar surface area (TPSA) is 218 Å². The van der Waals surface area contributed by atoms with Crippen molar-refractivity contribution in [3.8, 4) is 5.75 Å². The Hall–Kier alpha value is -3.44. The third kappa shape index (κ3) is 26.4. The van der Waals surface area contributed by atoms with Gasteiger partial charge >= 0.3 is 5.97 Å². The first-order chi connectivity index (χ1) is 38.6. The van der Waals surface area contributed by atoms with Crippen molar-refractivity contribution in [2.24, 2.45) is 5.41 Å². The second kappa shape index (κ2) is 39.2. The Labute approximate surface area is 486 Å². The zero-order chi connectivity index (χ0) is 57.9. The molecule has 0 saturated heterocycles. The fraction of sp³-hybridized carbons (Fsp3) is 0.655. The number of hydrogen-bond acceptors (Lipinski definition) is 18. The van der Waals surface area contributed by atoms with Gasteiger partial charge in [0.15, 0.2) is 0 Å². The number of allylic oxidation sites excluding steroid dienone is 6. The number of benzene rings is 2. The van der Waals surface area contributed by atoms with Gasteiger partial charge in [-0.25, -0.2) is 0 Å². The summed E-state index contributed by atoms with van der Waals surface area (Å²) in [7, 11) is -1.14. The van der Waals surface area contributed by atoms with E-state index in [1.807, 2.05) is 19.9 Å². The summed E-state index contributed by atoms with van der Waals surface area (Å²) < 4.78 is 109. The van der Waals surface area contributed by atoms with E-state index in [4.69, 9.17) is 59.9 Å². The van der Waals surface area contributed by atoms with Crippen molar-refractivity contribution in [1.29, 1.82) is 0 Å². The molecule has 0 unspecified atom stereocenters. The molecule has 4 rings (SSSR count). The van der Waals surface area contributed by atoms with Crippen molar-refractivity contribution < 1.29 is 82.8 Å². The molecule has 2 aliphatic heterocycles. The molecular weight excluding hydrogens is 1170 g/mol. The average molecular weight is 1260 g/mol. The predicted octanol–water partition coefficient (Wildman–Crippen LogP) is 7.96. The molecule has 2 N–H and O–H groups in total. The Morgan fingerprint density at radius 3 is 1.59 bits per heavy atom. The van der Waals surface area contributed by atoms with Crippen LogP contribution in [0.3, 0.4) is 0 Å². The molecule has 0 spiro atoms. The van der Waals surface area contributed by atoms with Crippen LogP contribution in [-0.2, 0) is 77.2 Å². The van der Waals surface area contributed by atoms with Crippen molar-refractivity contribution in [1.82, 2.24) is 0 Å². The number of anilines is 2. The first-order valence-electron chi connectivity index (χ1n) is 27.6. The number of methoxy groups -OCH3 is 2. The number of aliphatic carboxylic acids is 1. The second-order valence-electron chi connectivity index (χ2n) is 20.2. The van der Waals surface area contributed by atoms with E-state index in [2.05, 4.69) is 67.0 Å². The van der Waals surface area contributed by atoms with E-state index in [0.29, 0.717) is 171 Å². The van der Waals surface area contributed by atoms with Gasteiger partial charge in [-0.1, -0.05) is 47.1 Å². The normalized spacial score (nSPS) is 14.9. The molecule has 0 radical (unpaired) electrons. The number of carboxylic acid groups (broad SMARTS) is 1. The zero-order valence-electron chi connectivity index (χ0n) is 48.4. The summed E-state index contributed by atoms with van der Waals surface area (Å²) in [6, 6.07) is 11.1. The molecule has 2 aliphatic rings. The number of fused-ring (bicyclic) bond motifs is 2. The monoisotopic (exact) mass is 1260 g/mol. The fourth-order valence-corrected chi connectivity index (χ4v) is 10.6. The minimum absolute atomic E-state index is 0.105. The minimum atomic E-state index is -4.42. The lowest BCUT2D eigenvalue weighted by Gasteiger charge is -2.27. The molecular formula is C58H91IN2O18S. The maximum Gasteiger partial charge on any atom is 0.303 e. The van der Waals surface area contributed by atoms with Gasteiger partial charge in [-0.05, 0) is 78.0 Å². The summed E-state index contributed by atoms with van der Waals surface area (Å²) in [5, 5.41) is 9.19. The summed E-state index contributed by atoms with van der Waals surface area (Å²) in [6.45, 7) is 23.2. The van der Waals surface area contributed by atoms with Gasteiger partial charge in [0.2, 0.25) is 0 Å². The van der Waals surface area contributed by atoms with Crippen LogP contribution in [0, 0.1) is 5.41 Å². The van der Waals surface area contributed by atoms with Crippen LogP contribution < -0.4 is 12.9 Å². The summed E-state index contributed by atoms with van der Waals surface area (Å²) in [6.07, 6.45) is 10.6. The minimum Gasteiger partial charge on any atom is -0.481 e. The van der Waals surface area contributed by atoms with Crippen LogP contribution in [0.4, 0.5) is 11.4 Å². The number of carboxylic acids is 1. The van der Waals surface area contributed by atoms with E-state index in [1.54, 1.807) is 26.4 Å². The van der Waals surface area contributed by atoms with Crippen LogP contribution in [0.2, 0.25) is 0 Å². The molecule has 454 valence electrons. The number of rotatable bonds is 46. The van der Waals surface area contributed by atoms with E-state index in [9.17, 15) is 22.9 Å². The van der Waals surface area contributed by atoms with E-state index in [0.717, 1.165) is 55.9 Å². The Bertz CT molecular complexity index is 2280. The smallest absolute Gasteiger partial charge is 0.303 e. The molecule has 2 heterocycles. The highest BCUT2D eigenvalue weighted by Gasteiger charge is 2.40. The molecule has 0 amide bonds. The van der Waals surface area contributed by atoms with Crippen LogP contribution in [0.1, 0.15) is 71.4 Å². The van der Waals surface area contributed by atoms with Crippen molar-refractivity contribution in [3.63, 3.8) is 0 Å². The zero-order valence-corrected chi connectivity index (χ0v) is 51.4. The third-order valence-electron chi connectivity index (χ3n) is 12.7. The summed E-state index contributed by atoms with van der Waals surface area (Å²) in [5.41, 5.74) is 4.92. The van der Waals surface area contributed by atoms with Gasteiger partial charge in [-0.2, -0.15) is 8.42 Å². The summed E-state index contributed by atoms with van der Waals surface area (Å²) >= 11 is -0.959. The highest BCUT2D eigenvalue weighted by Crippen LogP contribution is 2.49. The van der Waals surface area contributed by atoms with Gasteiger partial charge in [-0.15, -0.1) is 0 Å². The van der Waals surface area contributed by atoms with Gasteiger partial charge in [0.1, 0.15) is 26.9 Å². The van der Waals surface area contributed by atoms with Crippen LogP contribution in [0.25, 0.3) is 5.57 Å². The van der Waals surface area contributed by atoms with Crippen molar-refractivity contribution in [2.75, 3.05) is 189 Å². The van der Waals surface area contributed by atoms with Crippen LogP contribution in [0.15, 0.2) is 71.3 Å². The largest absolute Gasteiger partial charge is 0.481 e. The number of halogens is 1. The Morgan fingerprint density at radius 1 is 0.662 bits per heavy atom. The van der Waals surface area contributed by atoms with Crippen molar-refractivity contribution in [2.45, 2.75) is 70.6 Å².